The molecule has 0 fully saturated rings. The summed E-state index contributed by atoms with van der Waals surface area (Å²) in [5.41, 5.74) is 1.28. The quantitative estimate of drug-likeness (QED) is 0.681. The molecule has 0 bridgehead atoms. The molecule has 0 aromatic heterocycles. The highest BCUT2D eigenvalue weighted by Gasteiger charge is 2.07. The molecule has 19 heavy (non-hydrogen) atoms. The highest BCUT2D eigenvalue weighted by Crippen LogP contribution is 2.27. The summed E-state index contributed by atoms with van der Waals surface area (Å²) in [6, 6.07) is 9.56. The predicted molar refractivity (Wildman–Crippen MR) is 76.8 cm³/mol. The highest BCUT2D eigenvalue weighted by atomic mass is 35.5. The van der Waals surface area contributed by atoms with Crippen LogP contribution in [-0.4, -0.2) is 0 Å². The van der Waals surface area contributed by atoms with Gasteiger partial charge >= 0.3 is 0 Å². The van der Waals surface area contributed by atoms with Crippen molar-refractivity contribution in [3.05, 3.63) is 63.4 Å². The average Bonchev–Trinajstić information content (AvgIpc) is 2.40. The molecule has 0 aliphatic carbocycles. The fourth-order valence-corrected chi connectivity index (χ4v) is 2.17. The van der Waals surface area contributed by atoms with Crippen LogP contribution < -0.4 is 4.74 Å². The second kappa shape index (κ2) is 6.47. The molecule has 0 N–H and O–H groups in total. The molecule has 0 aliphatic rings. The van der Waals surface area contributed by atoms with Gasteiger partial charge in [-0.3, -0.25) is 0 Å². The van der Waals surface area contributed by atoms with Gasteiger partial charge in [-0.05, 0) is 35.9 Å². The van der Waals surface area contributed by atoms with Crippen LogP contribution in [-0.2, 0) is 12.5 Å². The first kappa shape index (κ1) is 14.4. The Hall–Kier alpha value is -0.960. The third-order valence-corrected chi connectivity index (χ3v) is 3.38. The summed E-state index contributed by atoms with van der Waals surface area (Å²) in [6.45, 7) is 0.0618. The molecule has 1 nitrogen and oxygen atoms in total. The van der Waals surface area contributed by atoms with E-state index in [0.717, 1.165) is 5.56 Å². The number of halogens is 4. The van der Waals surface area contributed by atoms with Crippen LogP contribution in [0.1, 0.15) is 11.1 Å². The van der Waals surface area contributed by atoms with E-state index in [2.05, 4.69) is 0 Å². The van der Waals surface area contributed by atoms with Gasteiger partial charge in [-0.1, -0.05) is 29.3 Å². The molecular formula is C14H10Cl3FO. The van der Waals surface area contributed by atoms with E-state index < -0.39 is 0 Å². The van der Waals surface area contributed by atoms with E-state index in [1.165, 1.54) is 18.2 Å². The molecule has 0 spiro atoms. The molecule has 0 heterocycles. The molecule has 5 heteroatoms. The number of rotatable bonds is 4. The molecule has 0 saturated heterocycles. The first-order chi connectivity index (χ1) is 9.10. The van der Waals surface area contributed by atoms with E-state index in [1.807, 2.05) is 6.07 Å². The molecule has 2 aromatic rings. The van der Waals surface area contributed by atoms with Crippen LogP contribution in [0, 0.1) is 5.82 Å². The first-order valence-corrected chi connectivity index (χ1v) is 6.80. The lowest BCUT2D eigenvalue weighted by Gasteiger charge is -2.10. The minimum absolute atomic E-state index is 0.0618. The molecule has 2 rings (SSSR count). The Labute approximate surface area is 125 Å². The predicted octanol–water partition coefficient (Wildman–Crippen LogP) is 5.45. The van der Waals surface area contributed by atoms with Crippen molar-refractivity contribution in [2.45, 2.75) is 12.5 Å². The summed E-state index contributed by atoms with van der Waals surface area (Å²) in [6.07, 6.45) is 0. The van der Waals surface area contributed by atoms with Crippen LogP contribution in [0.2, 0.25) is 10.0 Å². The maximum atomic E-state index is 13.5. The Morgan fingerprint density at radius 1 is 1.05 bits per heavy atom. The SMILES string of the molecule is Fc1ccc(Cl)cc1COc1ccc(CCl)cc1Cl. The van der Waals surface area contributed by atoms with E-state index in [4.69, 9.17) is 39.5 Å². The Morgan fingerprint density at radius 2 is 1.84 bits per heavy atom. The normalized spacial score (nSPS) is 10.5. The van der Waals surface area contributed by atoms with Gasteiger partial charge in [0.2, 0.25) is 0 Å². The van der Waals surface area contributed by atoms with Crippen LogP contribution in [0.15, 0.2) is 36.4 Å². The third-order valence-electron chi connectivity index (χ3n) is 2.54. The summed E-state index contributed by atoms with van der Waals surface area (Å²) >= 11 is 17.5. The van der Waals surface area contributed by atoms with E-state index in [1.54, 1.807) is 12.1 Å². The van der Waals surface area contributed by atoms with Gasteiger partial charge < -0.3 is 4.74 Å². The second-order valence-corrected chi connectivity index (χ2v) is 5.03. The lowest BCUT2D eigenvalue weighted by atomic mass is 10.2. The highest BCUT2D eigenvalue weighted by molar-refractivity contribution is 6.32. The topological polar surface area (TPSA) is 9.23 Å². The summed E-state index contributed by atoms with van der Waals surface area (Å²) < 4.78 is 19.0. The van der Waals surface area contributed by atoms with Gasteiger partial charge in [-0.25, -0.2) is 4.39 Å². The third kappa shape index (κ3) is 3.75. The van der Waals surface area contributed by atoms with Crippen LogP contribution in [0.4, 0.5) is 4.39 Å². The van der Waals surface area contributed by atoms with Crippen LogP contribution >= 0.6 is 34.8 Å². The fraction of sp³-hybridized carbons (Fsp3) is 0.143. The van der Waals surface area contributed by atoms with Gasteiger partial charge in [-0.15, -0.1) is 11.6 Å². The lowest BCUT2D eigenvalue weighted by molar-refractivity contribution is 0.300. The molecule has 0 unspecified atom stereocenters. The van der Waals surface area contributed by atoms with Crippen molar-refractivity contribution in [1.82, 2.24) is 0 Å². The van der Waals surface area contributed by atoms with Crippen molar-refractivity contribution in [3.8, 4) is 5.75 Å². The lowest BCUT2D eigenvalue weighted by Crippen LogP contribution is -1.99. The summed E-state index contributed by atoms with van der Waals surface area (Å²) in [7, 11) is 0. The van der Waals surface area contributed by atoms with Crippen LogP contribution in [0.25, 0.3) is 0 Å². The van der Waals surface area contributed by atoms with Crippen molar-refractivity contribution < 1.29 is 9.13 Å². The van der Waals surface area contributed by atoms with Crippen molar-refractivity contribution in [3.63, 3.8) is 0 Å². The minimum Gasteiger partial charge on any atom is -0.487 e. The number of alkyl halides is 1. The van der Waals surface area contributed by atoms with Gasteiger partial charge in [0.25, 0.3) is 0 Å². The summed E-state index contributed by atoms with van der Waals surface area (Å²) in [4.78, 5) is 0. The summed E-state index contributed by atoms with van der Waals surface area (Å²) in [5, 5.41) is 0.907. The zero-order valence-corrected chi connectivity index (χ0v) is 12.1. The van der Waals surface area contributed by atoms with E-state index in [0.29, 0.717) is 27.2 Å². The van der Waals surface area contributed by atoms with Gasteiger partial charge in [0, 0.05) is 16.5 Å². The van der Waals surface area contributed by atoms with Crippen molar-refractivity contribution >= 4 is 34.8 Å². The smallest absolute Gasteiger partial charge is 0.138 e. The van der Waals surface area contributed by atoms with Gasteiger partial charge in [0.15, 0.2) is 0 Å². The molecule has 0 amide bonds. The average molecular weight is 320 g/mol. The van der Waals surface area contributed by atoms with Gasteiger partial charge in [0.1, 0.15) is 18.2 Å². The molecule has 0 saturated carbocycles. The summed E-state index contributed by atoms with van der Waals surface area (Å²) in [5.74, 6) is 0.496. The molecule has 0 radical (unpaired) electrons. The van der Waals surface area contributed by atoms with Crippen molar-refractivity contribution in [1.29, 1.82) is 0 Å². The van der Waals surface area contributed by atoms with Crippen molar-refractivity contribution in [2.24, 2.45) is 0 Å². The standard InChI is InChI=1S/C14H10Cl3FO/c15-7-9-1-4-14(12(17)5-9)19-8-10-6-11(16)2-3-13(10)18/h1-6H,7-8H2. The number of hydrogen-bond donors (Lipinski definition) is 0. The Morgan fingerprint density at radius 3 is 2.53 bits per heavy atom. The van der Waals surface area contributed by atoms with E-state index in [9.17, 15) is 4.39 Å². The maximum Gasteiger partial charge on any atom is 0.138 e. The zero-order chi connectivity index (χ0) is 13.8. The molecular weight excluding hydrogens is 310 g/mol. The number of benzene rings is 2. The second-order valence-electron chi connectivity index (χ2n) is 3.92. The molecule has 100 valence electrons. The monoisotopic (exact) mass is 318 g/mol. The maximum absolute atomic E-state index is 13.5. The van der Waals surface area contributed by atoms with Crippen LogP contribution in [0.3, 0.4) is 0 Å². The fourth-order valence-electron chi connectivity index (χ4n) is 1.55. The Bertz CT molecular complexity index is 587. The van der Waals surface area contributed by atoms with Gasteiger partial charge in [-0.2, -0.15) is 0 Å². The van der Waals surface area contributed by atoms with Crippen molar-refractivity contribution in [2.75, 3.05) is 0 Å². The largest absolute Gasteiger partial charge is 0.487 e. The molecule has 0 atom stereocenters. The Kier molecular flexibility index (Phi) is 4.92. The molecule has 0 aliphatic heterocycles. The zero-order valence-electron chi connectivity index (χ0n) is 9.80. The van der Waals surface area contributed by atoms with E-state index in [-0.39, 0.29) is 12.4 Å². The minimum atomic E-state index is -0.363. The van der Waals surface area contributed by atoms with Gasteiger partial charge in [0.05, 0.1) is 5.02 Å². The Balaban J connectivity index is 2.12. The van der Waals surface area contributed by atoms with Crippen LogP contribution in [0.5, 0.6) is 5.75 Å². The molecule has 2 aromatic carbocycles. The number of ether oxygens (including phenoxy) is 1. The first-order valence-electron chi connectivity index (χ1n) is 5.51. The van der Waals surface area contributed by atoms with E-state index >= 15 is 0 Å². The number of hydrogen-bond acceptors (Lipinski definition) is 1.